The molecule has 1 fully saturated rings. The van der Waals surface area contributed by atoms with Crippen LogP contribution in [0.25, 0.3) is 10.9 Å². The van der Waals surface area contributed by atoms with Gasteiger partial charge in [0.25, 0.3) is 0 Å². The topological polar surface area (TPSA) is 91.0 Å². The smallest absolute Gasteiger partial charge is 0.230 e. The molecule has 7 heteroatoms. The fourth-order valence-electron chi connectivity index (χ4n) is 3.01. The van der Waals surface area contributed by atoms with Gasteiger partial charge in [-0.3, -0.25) is 19.6 Å². The minimum absolute atomic E-state index is 0.103. The van der Waals surface area contributed by atoms with Gasteiger partial charge in [0, 0.05) is 24.5 Å². The summed E-state index contributed by atoms with van der Waals surface area (Å²) in [6.07, 6.45) is 1.86. The molecule has 3 aromatic rings. The zero-order chi connectivity index (χ0) is 17.4. The van der Waals surface area contributed by atoms with E-state index in [0.717, 1.165) is 16.5 Å². The summed E-state index contributed by atoms with van der Waals surface area (Å²) in [5.41, 5.74) is 1.88. The Morgan fingerprint density at radius 1 is 1.28 bits per heavy atom. The van der Waals surface area contributed by atoms with Crippen LogP contribution >= 0.6 is 0 Å². The molecular formula is C18H17N5O2. The number of nitrogens with zero attached hydrogens (tertiary/aromatic N) is 3. The molecule has 4 rings (SSSR count). The van der Waals surface area contributed by atoms with Gasteiger partial charge in [-0.1, -0.05) is 18.2 Å². The Morgan fingerprint density at radius 2 is 2.12 bits per heavy atom. The predicted molar refractivity (Wildman–Crippen MR) is 94.2 cm³/mol. The maximum absolute atomic E-state index is 12.5. The van der Waals surface area contributed by atoms with Gasteiger partial charge in [0.05, 0.1) is 11.4 Å². The number of aromatic amines is 1. The third-order valence-electron chi connectivity index (χ3n) is 4.36. The Balaban J connectivity index is 1.52. The number of carbonyl (C=O) groups is 2. The monoisotopic (exact) mass is 335 g/mol. The molecule has 1 atom stereocenters. The second-order valence-corrected chi connectivity index (χ2v) is 6.21. The maximum atomic E-state index is 12.5. The first-order valence-corrected chi connectivity index (χ1v) is 8.09. The summed E-state index contributed by atoms with van der Waals surface area (Å²) in [6, 6.07) is 11.2. The van der Waals surface area contributed by atoms with Gasteiger partial charge in [0.2, 0.25) is 11.8 Å². The van der Waals surface area contributed by atoms with Crippen molar-refractivity contribution < 1.29 is 9.59 Å². The molecule has 3 heterocycles. The highest BCUT2D eigenvalue weighted by Gasteiger charge is 2.36. The molecular weight excluding hydrogens is 318 g/mol. The molecule has 2 N–H and O–H groups in total. The lowest BCUT2D eigenvalue weighted by Gasteiger charge is -2.14. The Kier molecular flexibility index (Phi) is 3.68. The summed E-state index contributed by atoms with van der Waals surface area (Å²) in [6.45, 7) is 2.24. The number of benzene rings is 1. The standard InChI is InChI=1S/C18H17N5O2/c1-11-6-7-15(19-9-11)20-18(25)12-8-16(24)23(10-12)17-13-4-2-3-5-14(13)21-22-17/h2-7,9,12H,8,10H2,1H3,(H,21,22)(H,19,20,25). The first kappa shape index (κ1) is 15.3. The molecule has 1 aliphatic rings. The third kappa shape index (κ3) is 2.84. The molecule has 0 aliphatic carbocycles. The highest BCUT2D eigenvalue weighted by molar-refractivity contribution is 6.06. The second-order valence-electron chi connectivity index (χ2n) is 6.21. The van der Waals surface area contributed by atoms with Crippen LogP contribution in [-0.4, -0.2) is 33.5 Å². The number of pyridine rings is 1. The number of aromatic nitrogens is 3. The second kappa shape index (κ2) is 6.01. The van der Waals surface area contributed by atoms with Gasteiger partial charge in [0.15, 0.2) is 5.82 Å². The number of hydrogen-bond acceptors (Lipinski definition) is 4. The number of fused-ring (bicyclic) bond motifs is 1. The number of carbonyl (C=O) groups excluding carboxylic acids is 2. The van der Waals surface area contributed by atoms with Gasteiger partial charge < -0.3 is 5.32 Å². The maximum Gasteiger partial charge on any atom is 0.230 e. The van der Waals surface area contributed by atoms with Gasteiger partial charge in [-0.25, -0.2) is 4.98 Å². The summed E-state index contributed by atoms with van der Waals surface area (Å²) in [5.74, 6) is 0.337. The molecule has 0 saturated carbocycles. The van der Waals surface area contributed by atoms with E-state index in [-0.39, 0.29) is 18.2 Å². The molecule has 2 aromatic heterocycles. The predicted octanol–water partition coefficient (Wildman–Crippen LogP) is 2.26. The zero-order valence-corrected chi connectivity index (χ0v) is 13.7. The highest BCUT2D eigenvalue weighted by atomic mass is 16.2. The van der Waals surface area contributed by atoms with Crippen LogP contribution in [-0.2, 0) is 9.59 Å². The molecule has 0 bridgehead atoms. The normalized spacial score (nSPS) is 17.2. The van der Waals surface area contributed by atoms with Crippen LogP contribution in [0.2, 0.25) is 0 Å². The van der Waals surface area contributed by atoms with Crippen molar-refractivity contribution in [3.63, 3.8) is 0 Å². The van der Waals surface area contributed by atoms with Crippen LogP contribution in [0.4, 0.5) is 11.6 Å². The average molecular weight is 335 g/mol. The first-order valence-electron chi connectivity index (χ1n) is 8.09. The van der Waals surface area contributed by atoms with Gasteiger partial charge in [-0.15, -0.1) is 0 Å². The highest BCUT2D eigenvalue weighted by Crippen LogP contribution is 2.29. The Morgan fingerprint density at radius 3 is 2.92 bits per heavy atom. The van der Waals surface area contributed by atoms with Crippen LogP contribution in [0.1, 0.15) is 12.0 Å². The molecule has 1 aromatic carbocycles. The van der Waals surface area contributed by atoms with Crippen molar-refractivity contribution in [3.8, 4) is 0 Å². The average Bonchev–Trinajstić information content (AvgIpc) is 3.20. The van der Waals surface area contributed by atoms with E-state index in [4.69, 9.17) is 0 Å². The lowest BCUT2D eigenvalue weighted by molar-refractivity contribution is -0.122. The summed E-state index contributed by atoms with van der Waals surface area (Å²) in [7, 11) is 0. The van der Waals surface area contributed by atoms with E-state index < -0.39 is 5.92 Å². The summed E-state index contributed by atoms with van der Waals surface area (Å²) in [4.78, 5) is 30.6. The number of hydrogen-bond donors (Lipinski definition) is 2. The number of para-hydroxylation sites is 1. The Bertz CT molecular complexity index is 948. The van der Waals surface area contributed by atoms with E-state index in [1.807, 2.05) is 37.3 Å². The van der Waals surface area contributed by atoms with Crippen molar-refractivity contribution in [1.82, 2.24) is 15.2 Å². The number of amides is 2. The molecule has 2 amide bonds. The van der Waals surface area contributed by atoms with E-state index in [1.54, 1.807) is 17.2 Å². The minimum Gasteiger partial charge on any atom is -0.310 e. The summed E-state index contributed by atoms with van der Waals surface area (Å²) in [5, 5.41) is 10.8. The first-order chi connectivity index (χ1) is 12.1. The number of rotatable bonds is 3. The molecule has 1 saturated heterocycles. The molecule has 25 heavy (non-hydrogen) atoms. The molecule has 7 nitrogen and oxygen atoms in total. The van der Waals surface area contributed by atoms with Gasteiger partial charge in [0.1, 0.15) is 5.82 Å². The molecule has 0 radical (unpaired) electrons. The summed E-state index contributed by atoms with van der Waals surface area (Å²) >= 11 is 0. The van der Waals surface area contributed by atoms with E-state index in [9.17, 15) is 9.59 Å². The fraction of sp³-hybridized carbons (Fsp3) is 0.222. The van der Waals surface area contributed by atoms with Crippen LogP contribution < -0.4 is 10.2 Å². The van der Waals surface area contributed by atoms with Gasteiger partial charge in [-0.05, 0) is 30.7 Å². The Labute approximate surface area is 144 Å². The molecule has 126 valence electrons. The number of nitrogens with one attached hydrogen (secondary N) is 2. The van der Waals surface area contributed by atoms with Crippen molar-refractivity contribution in [2.24, 2.45) is 5.92 Å². The lowest BCUT2D eigenvalue weighted by Crippen LogP contribution is -2.28. The number of aryl methyl sites for hydroxylation is 1. The molecule has 0 spiro atoms. The van der Waals surface area contributed by atoms with E-state index >= 15 is 0 Å². The van der Waals surface area contributed by atoms with Crippen molar-refractivity contribution in [2.75, 3.05) is 16.8 Å². The summed E-state index contributed by atoms with van der Waals surface area (Å²) < 4.78 is 0. The Hall–Kier alpha value is -3.22. The number of H-pyrrole nitrogens is 1. The van der Waals surface area contributed by atoms with Gasteiger partial charge in [-0.2, -0.15) is 5.10 Å². The van der Waals surface area contributed by atoms with E-state index in [2.05, 4.69) is 20.5 Å². The van der Waals surface area contributed by atoms with Crippen molar-refractivity contribution in [1.29, 1.82) is 0 Å². The van der Waals surface area contributed by atoms with Crippen molar-refractivity contribution in [2.45, 2.75) is 13.3 Å². The van der Waals surface area contributed by atoms with Crippen molar-refractivity contribution in [3.05, 3.63) is 48.2 Å². The van der Waals surface area contributed by atoms with E-state index in [1.165, 1.54) is 0 Å². The quantitative estimate of drug-likeness (QED) is 0.768. The van der Waals surface area contributed by atoms with Crippen molar-refractivity contribution >= 4 is 34.4 Å². The molecule has 1 unspecified atom stereocenters. The van der Waals surface area contributed by atoms with Crippen LogP contribution in [0.5, 0.6) is 0 Å². The lowest BCUT2D eigenvalue weighted by atomic mass is 10.1. The molecule has 1 aliphatic heterocycles. The largest absolute Gasteiger partial charge is 0.310 e. The SMILES string of the molecule is Cc1ccc(NC(=O)C2CC(=O)N(c3n[nH]c4ccccc34)C2)nc1. The minimum atomic E-state index is -0.425. The number of anilines is 2. The van der Waals surface area contributed by atoms with E-state index in [0.29, 0.717) is 18.2 Å². The zero-order valence-electron chi connectivity index (χ0n) is 13.7. The van der Waals surface area contributed by atoms with Crippen LogP contribution in [0.3, 0.4) is 0 Å². The third-order valence-corrected chi connectivity index (χ3v) is 4.36. The van der Waals surface area contributed by atoms with Crippen LogP contribution in [0, 0.1) is 12.8 Å². The van der Waals surface area contributed by atoms with Crippen LogP contribution in [0.15, 0.2) is 42.6 Å². The van der Waals surface area contributed by atoms with Gasteiger partial charge >= 0.3 is 0 Å². The fourth-order valence-corrected chi connectivity index (χ4v) is 3.01.